The Bertz CT molecular complexity index is 210. The van der Waals surface area contributed by atoms with Crippen LogP contribution in [0.25, 0.3) is 0 Å². The molecule has 68 valence electrons. The van der Waals surface area contributed by atoms with E-state index >= 15 is 0 Å². The predicted octanol–water partition coefficient (Wildman–Crippen LogP) is -0.476. The molecule has 0 radical (unpaired) electrons. The van der Waals surface area contributed by atoms with Crippen molar-refractivity contribution in [2.45, 2.75) is 0 Å². The summed E-state index contributed by atoms with van der Waals surface area (Å²) in [5.41, 5.74) is 1.50. The van der Waals surface area contributed by atoms with E-state index in [2.05, 4.69) is 22.4 Å². The van der Waals surface area contributed by atoms with Crippen LogP contribution in [0.2, 0.25) is 0 Å². The SMILES string of the molecule is CO/N=C1/CN(C)CC12CNC2. The number of hydrogen-bond acceptors (Lipinski definition) is 4. The molecule has 0 amide bonds. The highest BCUT2D eigenvalue weighted by Gasteiger charge is 2.47. The van der Waals surface area contributed by atoms with Crippen LogP contribution >= 0.6 is 0 Å². The average molecular weight is 169 g/mol. The van der Waals surface area contributed by atoms with Gasteiger partial charge in [0.25, 0.3) is 0 Å². The topological polar surface area (TPSA) is 36.9 Å². The van der Waals surface area contributed by atoms with Gasteiger partial charge in [-0.3, -0.25) is 4.90 Å². The maximum absolute atomic E-state index is 4.84. The fourth-order valence-corrected chi connectivity index (χ4v) is 2.07. The molecule has 0 aromatic heterocycles. The first-order valence-electron chi connectivity index (χ1n) is 4.27. The Labute approximate surface area is 72.6 Å². The minimum Gasteiger partial charge on any atom is -0.399 e. The quantitative estimate of drug-likeness (QED) is 0.539. The third-order valence-corrected chi connectivity index (χ3v) is 2.73. The molecule has 0 atom stereocenters. The van der Waals surface area contributed by atoms with Gasteiger partial charge in [-0.1, -0.05) is 5.16 Å². The van der Waals surface area contributed by atoms with E-state index in [-0.39, 0.29) is 0 Å². The van der Waals surface area contributed by atoms with Crippen LogP contribution in [0.5, 0.6) is 0 Å². The summed E-state index contributed by atoms with van der Waals surface area (Å²) in [5.74, 6) is 0. The maximum Gasteiger partial charge on any atom is 0.106 e. The summed E-state index contributed by atoms with van der Waals surface area (Å²) in [4.78, 5) is 7.13. The zero-order valence-corrected chi connectivity index (χ0v) is 7.63. The largest absolute Gasteiger partial charge is 0.399 e. The van der Waals surface area contributed by atoms with E-state index in [1.807, 2.05) is 0 Å². The Kier molecular flexibility index (Phi) is 1.81. The van der Waals surface area contributed by atoms with Gasteiger partial charge in [-0.15, -0.1) is 0 Å². The van der Waals surface area contributed by atoms with Gasteiger partial charge in [0, 0.05) is 26.2 Å². The van der Waals surface area contributed by atoms with Crippen LogP contribution in [-0.2, 0) is 4.84 Å². The summed E-state index contributed by atoms with van der Waals surface area (Å²) in [6, 6.07) is 0. The Balaban J connectivity index is 2.16. The van der Waals surface area contributed by atoms with Gasteiger partial charge in [-0.05, 0) is 7.05 Å². The fraction of sp³-hybridized carbons (Fsp3) is 0.875. The van der Waals surface area contributed by atoms with Crippen LogP contribution in [0.1, 0.15) is 0 Å². The third kappa shape index (κ3) is 1.03. The molecule has 0 bridgehead atoms. The van der Waals surface area contributed by atoms with E-state index in [1.165, 1.54) is 5.71 Å². The molecule has 2 aliphatic heterocycles. The zero-order valence-electron chi connectivity index (χ0n) is 7.63. The molecule has 1 spiro atoms. The summed E-state index contributed by atoms with van der Waals surface area (Å²) >= 11 is 0. The molecule has 2 rings (SSSR count). The third-order valence-electron chi connectivity index (χ3n) is 2.73. The number of likely N-dealkylation sites (tertiary alicyclic amines) is 1. The first-order valence-corrected chi connectivity index (χ1v) is 4.27. The first-order chi connectivity index (χ1) is 5.77. The second-order valence-corrected chi connectivity index (χ2v) is 3.78. The molecule has 2 saturated heterocycles. The monoisotopic (exact) mass is 169 g/mol. The molecule has 2 heterocycles. The van der Waals surface area contributed by atoms with E-state index in [0.29, 0.717) is 5.41 Å². The van der Waals surface area contributed by atoms with Gasteiger partial charge in [0.2, 0.25) is 0 Å². The van der Waals surface area contributed by atoms with E-state index in [1.54, 1.807) is 7.11 Å². The van der Waals surface area contributed by atoms with Gasteiger partial charge >= 0.3 is 0 Å². The maximum atomic E-state index is 4.84. The number of oxime groups is 1. The number of rotatable bonds is 1. The van der Waals surface area contributed by atoms with Gasteiger partial charge in [0.1, 0.15) is 7.11 Å². The number of nitrogens with zero attached hydrogens (tertiary/aromatic N) is 2. The average Bonchev–Trinajstić information content (AvgIpc) is 2.27. The normalized spacial score (nSPS) is 31.0. The molecule has 2 aliphatic rings. The molecule has 0 saturated carbocycles. The smallest absolute Gasteiger partial charge is 0.106 e. The van der Waals surface area contributed by atoms with Crippen molar-refractivity contribution >= 4 is 5.71 Å². The van der Waals surface area contributed by atoms with E-state index < -0.39 is 0 Å². The van der Waals surface area contributed by atoms with Crippen LogP contribution in [0.15, 0.2) is 5.16 Å². The van der Waals surface area contributed by atoms with Crippen LogP contribution in [0.3, 0.4) is 0 Å². The molecule has 0 aromatic rings. The lowest BCUT2D eigenvalue weighted by Crippen LogP contribution is -2.58. The van der Waals surface area contributed by atoms with Crippen LogP contribution in [-0.4, -0.2) is 50.9 Å². The van der Waals surface area contributed by atoms with Gasteiger partial charge in [0.05, 0.1) is 11.1 Å². The molecule has 12 heavy (non-hydrogen) atoms. The van der Waals surface area contributed by atoms with Crippen molar-refractivity contribution in [1.82, 2.24) is 10.2 Å². The highest BCUT2D eigenvalue weighted by atomic mass is 16.6. The lowest BCUT2D eigenvalue weighted by Gasteiger charge is -2.38. The van der Waals surface area contributed by atoms with Crippen molar-refractivity contribution in [2.24, 2.45) is 10.6 Å². The standard InChI is InChI=1S/C8H15N3O/c1-11-3-7(10-12-2)8(6-11)4-9-5-8/h9H,3-6H2,1-2H3/b10-7-. The molecule has 0 aliphatic carbocycles. The Morgan fingerprint density at radius 1 is 1.58 bits per heavy atom. The van der Waals surface area contributed by atoms with Crippen molar-refractivity contribution in [3.05, 3.63) is 0 Å². The Morgan fingerprint density at radius 2 is 2.33 bits per heavy atom. The molecule has 2 fully saturated rings. The minimum atomic E-state index is 0.296. The van der Waals surface area contributed by atoms with Crippen LogP contribution < -0.4 is 5.32 Å². The Morgan fingerprint density at radius 3 is 2.83 bits per heavy atom. The van der Waals surface area contributed by atoms with Crippen molar-refractivity contribution in [3.8, 4) is 0 Å². The van der Waals surface area contributed by atoms with Gasteiger partial charge in [0.15, 0.2) is 0 Å². The van der Waals surface area contributed by atoms with Gasteiger partial charge in [-0.2, -0.15) is 0 Å². The summed E-state index contributed by atoms with van der Waals surface area (Å²) in [5, 5.41) is 7.37. The second kappa shape index (κ2) is 2.71. The van der Waals surface area contributed by atoms with Crippen molar-refractivity contribution < 1.29 is 4.84 Å². The second-order valence-electron chi connectivity index (χ2n) is 3.78. The summed E-state index contributed by atoms with van der Waals surface area (Å²) < 4.78 is 0. The van der Waals surface area contributed by atoms with E-state index in [4.69, 9.17) is 4.84 Å². The Hall–Kier alpha value is -0.610. The minimum absolute atomic E-state index is 0.296. The summed E-state index contributed by atoms with van der Waals surface area (Å²) in [6.45, 7) is 4.18. The van der Waals surface area contributed by atoms with Crippen molar-refractivity contribution in [1.29, 1.82) is 0 Å². The van der Waals surface area contributed by atoms with Crippen molar-refractivity contribution in [2.75, 3.05) is 40.3 Å². The number of nitrogens with one attached hydrogen (secondary N) is 1. The molecular weight excluding hydrogens is 154 g/mol. The molecular formula is C8H15N3O. The first kappa shape index (κ1) is 8.01. The lowest BCUT2D eigenvalue weighted by molar-refractivity contribution is 0.195. The zero-order chi connectivity index (χ0) is 8.60. The van der Waals surface area contributed by atoms with Crippen LogP contribution in [0.4, 0.5) is 0 Å². The van der Waals surface area contributed by atoms with Crippen molar-refractivity contribution in [3.63, 3.8) is 0 Å². The van der Waals surface area contributed by atoms with E-state index in [0.717, 1.165) is 26.2 Å². The van der Waals surface area contributed by atoms with Gasteiger partial charge in [-0.25, -0.2) is 0 Å². The number of hydrogen-bond donors (Lipinski definition) is 1. The molecule has 0 aromatic carbocycles. The lowest BCUT2D eigenvalue weighted by atomic mass is 9.79. The summed E-state index contributed by atoms with van der Waals surface area (Å²) in [7, 11) is 3.74. The predicted molar refractivity (Wildman–Crippen MR) is 47.2 cm³/mol. The summed E-state index contributed by atoms with van der Waals surface area (Å²) in [6.07, 6.45) is 0. The molecule has 1 N–H and O–H groups in total. The molecule has 4 heteroatoms. The van der Waals surface area contributed by atoms with Gasteiger partial charge < -0.3 is 10.2 Å². The molecule has 0 unspecified atom stereocenters. The fourth-order valence-electron chi connectivity index (χ4n) is 2.07. The molecule has 4 nitrogen and oxygen atoms in total. The van der Waals surface area contributed by atoms with E-state index in [9.17, 15) is 0 Å². The highest BCUT2D eigenvalue weighted by Crippen LogP contribution is 2.31. The van der Waals surface area contributed by atoms with Crippen LogP contribution in [0, 0.1) is 5.41 Å². The highest BCUT2D eigenvalue weighted by molar-refractivity contribution is 5.95.